The van der Waals surface area contributed by atoms with Crippen LogP contribution in [0.25, 0.3) is 0 Å². The monoisotopic (exact) mass is 293 g/mol. The Balaban J connectivity index is 2.12. The first-order chi connectivity index (χ1) is 10.2. The van der Waals surface area contributed by atoms with E-state index in [0.29, 0.717) is 18.3 Å². The van der Waals surface area contributed by atoms with Crippen LogP contribution in [-0.4, -0.2) is 43.4 Å². The van der Waals surface area contributed by atoms with E-state index in [4.69, 9.17) is 9.47 Å². The maximum atomic E-state index is 10.6. The number of rotatable bonds is 5. The van der Waals surface area contributed by atoms with Crippen molar-refractivity contribution in [2.45, 2.75) is 44.8 Å². The van der Waals surface area contributed by atoms with Gasteiger partial charge in [0.15, 0.2) is 0 Å². The second-order valence-electron chi connectivity index (χ2n) is 5.82. The normalized spacial score (nSPS) is 21.6. The molecule has 0 spiro atoms. The fourth-order valence-electron chi connectivity index (χ4n) is 3.03. The van der Waals surface area contributed by atoms with Crippen LogP contribution in [-0.2, 0) is 0 Å². The van der Waals surface area contributed by atoms with Crippen LogP contribution in [0, 0.1) is 0 Å². The van der Waals surface area contributed by atoms with E-state index in [1.54, 1.807) is 14.2 Å². The highest BCUT2D eigenvalue weighted by Gasteiger charge is 2.22. The van der Waals surface area contributed by atoms with Crippen molar-refractivity contribution < 1.29 is 14.6 Å². The zero-order chi connectivity index (χ0) is 15.2. The number of benzene rings is 1. The third-order valence-electron chi connectivity index (χ3n) is 4.39. The second kappa shape index (κ2) is 7.66. The Hall–Kier alpha value is -1.26. The summed E-state index contributed by atoms with van der Waals surface area (Å²) in [6.07, 6.45) is 4.44. The van der Waals surface area contributed by atoms with Crippen LogP contribution in [0.4, 0.5) is 0 Å². The Kier molecular flexibility index (Phi) is 5.88. The summed E-state index contributed by atoms with van der Waals surface area (Å²) in [7, 11) is 3.27. The topological polar surface area (TPSA) is 41.9 Å². The van der Waals surface area contributed by atoms with Gasteiger partial charge in [0.25, 0.3) is 0 Å². The van der Waals surface area contributed by atoms with Crippen LogP contribution in [0.3, 0.4) is 0 Å². The second-order valence-corrected chi connectivity index (χ2v) is 5.82. The lowest BCUT2D eigenvalue weighted by Gasteiger charge is -2.29. The van der Waals surface area contributed by atoms with Crippen molar-refractivity contribution in [3.63, 3.8) is 0 Å². The molecule has 0 aromatic heterocycles. The molecule has 1 aliphatic rings. The van der Waals surface area contributed by atoms with Gasteiger partial charge in [-0.2, -0.15) is 0 Å². The zero-order valence-electron chi connectivity index (χ0n) is 13.3. The van der Waals surface area contributed by atoms with Crippen LogP contribution in [0.1, 0.15) is 44.3 Å². The Morgan fingerprint density at radius 1 is 1.24 bits per heavy atom. The lowest BCUT2D eigenvalue weighted by Crippen LogP contribution is -2.36. The summed E-state index contributed by atoms with van der Waals surface area (Å²) in [6, 6.07) is 6.09. The Labute approximate surface area is 127 Å². The third-order valence-corrected chi connectivity index (χ3v) is 4.39. The number of hydrogen-bond acceptors (Lipinski definition) is 4. The van der Waals surface area contributed by atoms with Crippen molar-refractivity contribution in [2.24, 2.45) is 0 Å². The molecule has 0 aliphatic carbocycles. The van der Waals surface area contributed by atoms with Gasteiger partial charge in [-0.25, -0.2) is 0 Å². The molecule has 21 heavy (non-hydrogen) atoms. The van der Waals surface area contributed by atoms with Crippen LogP contribution in [0.2, 0.25) is 0 Å². The number of methoxy groups -OCH3 is 2. The number of nitrogens with zero attached hydrogens (tertiary/aromatic N) is 1. The Bertz CT molecular complexity index is 450. The van der Waals surface area contributed by atoms with Crippen LogP contribution < -0.4 is 9.47 Å². The van der Waals surface area contributed by atoms with Gasteiger partial charge in [-0.3, -0.25) is 4.90 Å². The molecule has 4 heteroatoms. The van der Waals surface area contributed by atoms with Crippen LogP contribution in [0.5, 0.6) is 11.5 Å². The van der Waals surface area contributed by atoms with Crippen LogP contribution >= 0.6 is 0 Å². The number of aliphatic hydroxyl groups excluding tert-OH is 1. The molecular weight excluding hydrogens is 266 g/mol. The summed E-state index contributed by atoms with van der Waals surface area (Å²) in [5.41, 5.74) is 0.799. The first-order valence-corrected chi connectivity index (χ1v) is 7.79. The zero-order valence-corrected chi connectivity index (χ0v) is 13.3. The van der Waals surface area contributed by atoms with E-state index in [-0.39, 0.29) is 0 Å². The highest BCUT2D eigenvalue weighted by Crippen LogP contribution is 2.30. The molecular formula is C17H27NO3. The molecule has 1 aliphatic heterocycles. The summed E-state index contributed by atoms with van der Waals surface area (Å²) >= 11 is 0. The van der Waals surface area contributed by atoms with Crippen molar-refractivity contribution in [2.75, 3.05) is 27.3 Å². The molecule has 2 rings (SSSR count). The molecule has 0 amide bonds. The standard InChI is InChI=1S/C17H27NO3/c1-13-7-5-4-6-10-18(13)12-16(19)15-11-14(20-2)8-9-17(15)21-3/h8-9,11,13,16,19H,4-7,10,12H2,1-3H3. The molecule has 2 unspecified atom stereocenters. The van der Waals surface area contributed by atoms with E-state index in [1.807, 2.05) is 18.2 Å². The molecule has 4 nitrogen and oxygen atoms in total. The van der Waals surface area contributed by atoms with Gasteiger partial charge in [0.05, 0.1) is 20.3 Å². The van der Waals surface area contributed by atoms with Crippen molar-refractivity contribution in [3.8, 4) is 11.5 Å². The van der Waals surface area contributed by atoms with Gasteiger partial charge >= 0.3 is 0 Å². The average molecular weight is 293 g/mol. The van der Waals surface area contributed by atoms with Gasteiger partial charge < -0.3 is 14.6 Å². The molecule has 118 valence electrons. The Morgan fingerprint density at radius 3 is 2.76 bits per heavy atom. The van der Waals surface area contributed by atoms with Crippen molar-refractivity contribution in [3.05, 3.63) is 23.8 Å². The molecule has 1 fully saturated rings. The first kappa shape index (κ1) is 16.1. The first-order valence-electron chi connectivity index (χ1n) is 7.79. The molecule has 2 atom stereocenters. The van der Waals surface area contributed by atoms with Crippen LogP contribution in [0.15, 0.2) is 18.2 Å². The fraction of sp³-hybridized carbons (Fsp3) is 0.647. The third kappa shape index (κ3) is 4.11. The van der Waals surface area contributed by atoms with Gasteiger partial charge in [-0.05, 0) is 44.5 Å². The maximum Gasteiger partial charge on any atom is 0.124 e. The highest BCUT2D eigenvalue weighted by atomic mass is 16.5. The quantitative estimate of drug-likeness (QED) is 0.906. The molecule has 0 bridgehead atoms. The number of aliphatic hydroxyl groups is 1. The molecule has 1 saturated heterocycles. The SMILES string of the molecule is COc1ccc(OC)c(C(O)CN2CCCCCC2C)c1. The van der Waals surface area contributed by atoms with Gasteiger partial charge in [0, 0.05) is 18.2 Å². The van der Waals surface area contributed by atoms with E-state index >= 15 is 0 Å². The molecule has 1 aromatic rings. The highest BCUT2D eigenvalue weighted by molar-refractivity contribution is 5.41. The summed E-state index contributed by atoms with van der Waals surface area (Å²) in [6.45, 7) is 3.95. The summed E-state index contributed by atoms with van der Waals surface area (Å²) in [4.78, 5) is 2.39. The maximum absolute atomic E-state index is 10.6. The Morgan fingerprint density at radius 2 is 2.05 bits per heavy atom. The predicted octanol–water partition coefficient (Wildman–Crippen LogP) is 3.00. The van der Waals surface area contributed by atoms with E-state index < -0.39 is 6.10 Å². The molecule has 1 heterocycles. The lowest BCUT2D eigenvalue weighted by molar-refractivity contribution is 0.0908. The summed E-state index contributed by atoms with van der Waals surface area (Å²) < 4.78 is 10.6. The minimum absolute atomic E-state index is 0.527. The molecule has 1 N–H and O–H groups in total. The van der Waals surface area contributed by atoms with E-state index in [1.165, 1.54) is 25.7 Å². The number of likely N-dealkylation sites (tertiary alicyclic amines) is 1. The minimum atomic E-state index is -0.560. The van der Waals surface area contributed by atoms with E-state index in [9.17, 15) is 5.11 Å². The summed E-state index contributed by atoms with van der Waals surface area (Å²) in [5, 5.41) is 10.6. The smallest absolute Gasteiger partial charge is 0.124 e. The van der Waals surface area contributed by atoms with Gasteiger partial charge in [0.2, 0.25) is 0 Å². The largest absolute Gasteiger partial charge is 0.497 e. The van der Waals surface area contributed by atoms with Crippen molar-refractivity contribution in [1.29, 1.82) is 0 Å². The number of hydrogen-bond donors (Lipinski definition) is 1. The number of ether oxygens (including phenoxy) is 2. The molecule has 0 saturated carbocycles. The summed E-state index contributed by atoms with van der Waals surface area (Å²) in [5.74, 6) is 1.46. The average Bonchev–Trinajstić information content (AvgIpc) is 2.71. The molecule has 1 aromatic carbocycles. The molecule has 0 radical (unpaired) electrons. The number of β-amino-alcohol motifs (C(OH)–C–C–N with tert-alkyl or cyclic N) is 1. The van der Waals surface area contributed by atoms with Gasteiger partial charge in [-0.1, -0.05) is 12.8 Å². The minimum Gasteiger partial charge on any atom is -0.497 e. The van der Waals surface area contributed by atoms with Crippen molar-refractivity contribution >= 4 is 0 Å². The van der Waals surface area contributed by atoms with Crippen molar-refractivity contribution in [1.82, 2.24) is 4.90 Å². The van der Waals surface area contributed by atoms with E-state index in [0.717, 1.165) is 17.9 Å². The van der Waals surface area contributed by atoms with Gasteiger partial charge in [-0.15, -0.1) is 0 Å². The van der Waals surface area contributed by atoms with E-state index in [2.05, 4.69) is 11.8 Å². The predicted molar refractivity (Wildman–Crippen MR) is 84.0 cm³/mol. The fourth-order valence-corrected chi connectivity index (χ4v) is 3.03. The van der Waals surface area contributed by atoms with Gasteiger partial charge in [0.1, 0.15) is 11.5 Å². The lowest BCUT2D eigenvalue weighted by atomic mass is 10.1.